The summed E-state index contributed by atoms with van der Waals surface area (Å²) in [5.41, 5.74) is 4.38. The number of benzene rings is 1. The Labute approximate surface area is 161 Å². The van der Waals surface area contributed by atoms with E-state index in [0.29, 0.717) is 5.69 Å². The van der Waals surface area contributed by atoms with E-state index < -0.39 is 0 Å². The molecule has 7 nitrogen and oxygen atoms in total. The summed E-state index contributed by atoms with van der Waals surface area (Å²) in [5.74, 6) is 0.792. The molecule has 1 unspecified atom stereocenters. The highest BCUT2D eigenvalue weighted by Gasteiger charge is 2.23. The van der Waals surface area contributed by atoms with Crippen LogP contribution in [0.5, 0.6) is 5.75 Å². The number of aromatic nitrogens is 5. The largest absolute Gasteiger partial charge is 0.486 e. The van der Waals surface area contributed by atoms with Gasteiger partial charge in [0.1, 0.15) is 29.3 Å². The maximum Gasteiger partial charge on any atom is 0.140 e. The van der Waals surface area contributed by atoms with Crippen molar-refractivity contribution in [1.82, 2.24) is 24.5 Å². The molecule has 1 aromatic carbocycles. The summed E-state index contributed by atoms with van der Waals surface area (Å²) in [5, 5.41) is 18.8. The summed E-state index contributed by atoms with van der Waals surface area (Å²) < 4.78 is 9.96. The van der Waals surface area contributed by atoms with Crippen molar-refractivity contribution in [3.05, 3.63) is 65.9 Å². The van der Waals surface area contributed by atoms with Crippen molar-refractivity contribution in [3.8, 4) is 17.5 Å². The predicted octanol–water partition coefficient (Wildman–Crippen LogP) is 3.48. The number of fused-ring (bicyclic) bond motifs is 2. The summed E-state index contributed by atoms with van der Waals surface area (Å²) in [6, 6.07) is 11.9. The van der Waals surface area contributed by atoms with Gasteiger partial charge in [-0.15, -0.1) is 0 Å². The van der Waals surface area contributed by atoms with E-state index in [4.69, 9.17) is 10.00 Å². The monoisotopic (exact) mass is 370 g/mol. The maximum atomic E-state index is 9.08. The van der Waals surface area contributed by atoms with Crippen LogP contribution in [0.15, 0.2) is 48.9 Å². The Bertz CT molecular complexity index is 1220. The topological polar surface area (TPSA) is 81.5 Å². The molecule has 1 aliphatic carbocycles. The second-order valence-electron chi connectivity index (χ2n) is 6.99. The summed E-state index contributed by atoms with van der Waals surface area (Å²) in [6.45, 7) is 0. The van der Waals surface area contributed by atoms with E-state index in [2.05, 4.69) is 21.3 Å². The van der Waals surface area contributed by atoms with Gasteiger partial charge < -0.3 is 4.74 Å². The Morgan fingerprint density at radius 2 is 2.11 bits per heavy atom. The lowest BCUT2D eigenvalue weighted by atomic mass is 9.93. The SMILES string of the molecule is Cn1cc(-n2ncc3ccc(OC4CCCc5nc(C#N)ccc54)cc32)cn1. The molecular weight excluding hydrogens is 352 g/mol. The van der Waals surface area contributed by atoms with Gasteiger partial charge in [0.25, 0.3) is 0 Å². The molecule has 0 N–H and O–H groups in total. The molecule has 4 aromatic rings. The summed E-state index contributed by atoms with van der Waals surface area (Å²) in [4.78, 5) is 4.46. The summed E-state index contributed by atoms with van der Waals surface area (Å²) in [7, 11) is 1.88. The molecule has 0 fully saturated rings. The third-order valence-corrected chi connectivity index (χ3v) is 5.11. The zero-order valence-electron chi connectivity index (χ0n) is 15.4. The van der Waals surface area contributed by atoms with Crippen LogP contribution < -0.4 is 4.74 Å². The van der Waals surface area contributed by atoms with Crippen LogP contribution in [0.4, 0.5) is 0 Å². The molecule has 3 heterocycles. The molecule has 7 heteroatoms. The molecule has 1 atom stereocenters. The first-order chi connectivity index (χ1) is 13.7. The van der Waals surface area contributed by atoms with E-state index in [0.717, 1.165) is 52.9 Å². The van der Waals surface area contributed by atoms with Crippen molar-refractivity contribution < 1.29 is 4.74 Å². The summed E-state index contributed by atoms with van der Waals surface area (Å²) in [6.07, 6.45) is 8.31. The second-order valence-corrected chi connectivity index (χ2v) is 6.99. The standard InChI is InChI=1S/C21H18N6O/c1-26-13-16(12-23-26)27-20-9-17(7-5-14(20)11-24-27)28-21-4-2-3-19-18(21)8-6-15(10-22)25-19/h5-9,11-13,21H,2-4H2,1H3. The lowest BCUT2D eigenvalue weighted by Gasteiger charge is -2.25. The number of hydrogen-bond acceptors (Lipinski definition) is 5. The van der Waals surface area contributed by atoms with Crippen molar-refractivity contribution in [2.45, 2.75) is 25.4 Å². The van der Waals surface area contributed by atoms with Gasteiger partial charge in [-0.05, 0) is 37.5 Å². The van der Waals surface area contributed by atoms with E-state index in [1.54, 1.807) is 16.9 Å². The minimum absolute atomic E-state index is 0.0591. The molecular formula is C21H18N6O. The Morgan fingerprint density at radius 1 is 1.18 bits per heavy atom. The van der Waals surface area contributed by atoms with E-state index >= 15 is 0 Å². The van der Waals surface area contributed by atoms with Crippen LogP contribution in [0.2, 0.25) is 0 Å². The Morgan fingerprint density at radius 3 is 2.93 bits per heavy atom. The van der Waals surface area contributed by atoms with Crippen molar-refractivity contribution in [1.29, 1.82) is 5.26 Å². The van der Waals surface area contributed by atoms with Crippen LogP contribution in [0, 0.1) is 11.3 Å². The zero-order chi connectivity index (χ0) is 19.1. The van der Waals surface area contributed by atoms with E-state index in [9.17, 15) is 0 Å². The number of nitriles is 1. The molecule has 138 valence electrons. The molecule has 3 aromatic heterocycles. The Hall–Kier alpha value is -3.66. The number of pyridine rings is 1. The number of ether oxygens (including phenoxy) is 1. The molecule has 28 heavy (non-hydrogen) atoms. The van der Waals surface area contributed by atoms with Crippen LogP contribution >= 0.6 is 0 Å². The third kappa shape index (κ3) is 2.79. The van der Waals surface area contributed by atoms with Crippen molar-refractivity contribution in [2.24, 2.45) is 7.05 Å². The van der Waals surface area contributed by atoms with Gasteiger partial charge in [-0.3, -0.25) is 4.68 Å². The van der Waals surface area contributed by atoms with Gasteiger partial charge in [0.15, 0.2) is 0 Å². The Kier molecular flexibility index (Phi) is 3.83. The fourth-order valence-corrected chi connectivity index (χ4v) is 3.76. The fraction of sp³-hybridized carbons (Fsp3) is 0.238. The van der Waals surface area contributed by atoms with Crippen LogP contribution in [0.25, 0.3) is 16.6 Å². The fourth-order valence-electron chi connectivity index (χ4n) is 3.76. The van der Waals surface area contributed by atoms with Crippen LogP contribution in [0.1, 0.15) is 35.9 Å². The molecule has 0 aliphatic heterocycles. The molecule has 5 rings (SSSR count). The quantitative estimate of drug-likeness (QED) is 0.551. The molecule has 0 radical (unpaired) electrons. The highest BCUT2D eigenvalue weighted by Crippen LogP contribution is 2.34. The van der Waals surface area contributed by atoms with Crippen LogP contribution in [0.3, 0.4) is 0 Å². The van der Waals surface area contributed by atoms with Gasteiger partial charge in [-0.2, -0.15) is 15.5 Å². The highest BCUT2D eigenvalue weighted by atomic mass is 16.5. The van der Waals surface area contributed by atoms with Gasteiger partial charge in [-0.1, -0.05) is 6.07 Å². The first-order valence-corrected chi connectivity index (χ1v) is 9.24. The van der Waals surface area contributed by atoms with Crippen LogP contribution in [-0.4, -0.2) is 24.5 Å². The third-order valence-electron chi connectivity index (χ3n) is 5.11. The van der Waals surface area contributed by atoms with E-state index in [-0.39, 0.29) is 6.10 Å². The van der Waals surface area contributed by atoms with Gasteiger partial charge >= 0.3 is 0 Å². The van der Waals surface area contributed by atoms with Crippen molar-refractivity contribution in [3.63, 3.8) is 0 Å². The zero-order valence-corrected chi connectivity index (χ0v) is 15.4. The molecule has 1 aliphatic rings. The van der Waals surface area contributed by atoms with Gasteiger partial charge in [0.2, 0.25) is 0 Å². The van der Waals surface area contributed by atoms with Crippen molar-refractivity contribution >= 4 is 10.9 Å². The lowest BCUT2D eigenvalue weighted by molar-refractivity contribution is 0.182. The van der Waals surface area contributed by atoms with E-state index in [1.807, 2.05) is 48.4 Å². The summed E-state index contributed by atoms with van der Waals surface area (Å²) >= 11 is 0. The minimum Gasteiger partial charge on any atom is -0.486 e. The van der Waals surface area contributed by atoms with Crippen LogP contribution in [-0.2, 0) is 13.5 Å². The molecule has 0 saturated heterocycles. The number of hydrogen-bond donors (Lipinski definition) is 0. The van der Waals surface area contributed by atoms with Gasteiger partial charge in [-0.25, -0.2) is 9.67 Å². The number of rotatable bonds is 3. The minimum atomic E-state index is -0.0591. The second kappa shape index (κ2) is 6.50. The number of aryl methyl sites for hydroxylation is 2. The van der Waals surface area contributed by atoms with Gasteiger partial charge in [0.05, 0.1) is 24.1 Å². The van der Waals surface area contributed by atoms with Crippen molar-refractivity contribution in [2.75, 3.05) is 0 Å². The van der Waals surface area contributed by atoms with E-state index in [1.165, 1.54) is 0 Å². The number of nitrogens with zero attached hydrogens (tertiary/aromatic N) is 6. The molecule has 0 bridgehead atoms. The molecule has 0 spiro atoms. The first-order valence-electron chi connectivity index (χ1n) is 9.24. The average molecular weight is 370 g/mol. The molecule has 0 amide bonds. The smallest absolute Gasteiger partial charge is 0.140 e. The molecule has 0 saturated carbocycles. The first kappa shape index (κ1) is 16.5. The predicted molar refractivity (Wildman–Crippen MR) is 103 cm³/mol. The average Bonchev–Trinajstić information content (AvgIpc) is 3.33. The lowest BCUT2D eigenvalue weighted by Crippen LogP contribution is -2.17. The van der Waals surface area contributed by atoms with Gasteiger partial charge in [0, 0.05) is 29.8 Å². The maximum absolute atomic E-state index is 9.08. The Balaban J connectivity index is 1.49. The highest BCUT2D eigenvalue weighted by molar-refractivity contribution is 5.81. The normalized spacial score (nSPS) is 15.9.